The van der Waals surface area contributed by atoms with Crippen LogP contribution in [0.15, 0.2) is 0 Å². The number of nitrogens with one attached hydrogen (secondary N) is 2. The average molecular weight is 258 g/mol. The first-order chi connectivity index (χ1) is 7.31. The lowest BCUT2D eigenvalue weighted by molar-refractivity contribution is -0.120. The number of thioether (sulfide) groups is 1. The van der Waals surface area contributed by atoms with Gasteiger partial charge in [0.2, 0.25) is 5.91 Å². The Bertz CT molecular complexity index is 209. The van der Waals surface area contributed by atoms with E-state index >= 15 is 0 Å². The minimum Gasteiger partial charge on any atom is -0.355 e. The second-order valence-corrected chi connectivity index (χ2v) is 4.83. The number of alkyl halides is 3. The molecule has 0 spiro atoms. The number of carbonyl (C=O) groups is 1. The number of halogens is 3. The third-order valence-electron chi connectivity index (χ3n) is 1.54. The lowest BCUT2D eigenvalue weighted by atomic mass is 10.2. The highest BCUT2D eigenvalue weighted by Gasteiger charge is 2.27. The van der Waals surface area contributed by atoms with E-state index in [4.69, 9.17) is 0 Å². The fourth-order valence-corrected chi connectivity index (χ4v) is 1.30. The summed E-state index contributed by atoms with van der Waals surface area (Å²) in [5.41, 5.74) is -4.19. The summed E-state index contributed by atoms with van der Waals surface area (Å²) in [5, 5.41) is 5.31. The van der Waals surface area contributed by atoms with E-state index in [9.17, 15) is 18.0 Å². The molecular formula is C9H17F3N2OS. The molecule has 0 atom stereocenters. The van der Waals surface area contributed by atoms with Crippen LogP contribution in [0.5, 0.6) is 0 Å². The summed E-state index contributed by atoms with van der Waals surface area (Å²) in [6.45, 7) is 4.74. The molecule has 0 saturated carbocycles. The molecule has 0 unspecified atom stereocenters. The van der Waals surface area contributed by atoms with Crippen LogP contribution < -0.4 is 10.6 Å². The first-order valence-electron chi connectivity index (χ1n) is 4.99. The normalized spacial score (nSPS) is 11.9. The fraction of sp³-hybridized carbons (Fsp3) is 0.889. The van der Waals surface area contributed by atoms with Crippen molar-refractivity contribution >= 4 is 17.7 Å². The number of carbonyl (C=O) groups excluding carboxylic acids is 1. The monoisotopic (exact) mass is 258 g/mol. The van der Waals surface area contributed by atoms with Crippen molar-refractivity contribution in [2.45, 2.75) is 19.4 Å². The summed E-state index contributed by atoms with van der Waals surface area (Å²) in [7, 11) is 0. The molecule has 0 heterocycles. The Balaban J connectivity index is 3.35. The molecule has 0 radical (unpaired) electrons. The van der Waals surface area contributed by atoms with Gasteiger partial charge < -0.3 is 10.6 Å². The predicted molar refractivity (Wildman–Crippen MR) is 59.2 cm³/mol. The second kappa shape index (κ2) is 7.78. The molecule has 0 aliphatic heterocycles. The van der Waals surface area contributed by atoms with Crippen molar-refractivity contribution in [2.24, 2.45) is 5.92 Å². The zero-order valence-electron chi connectivity index (χ0n) is 9.36. The zero-order chi connectivity index (χ0) is 12.6. The average Bonchev–Trinajstić information content (AvgIpc) is 2.12. The van der Waals surface area contributed by atoms with E-state index < -0.39 is 5.51 Å². The number of rotatable bonds is 7. The maximum atomic E-state index is 11.7. The summed E-state index contributed by atoms with van der Waals surface area (Å²) in [6, 6.07) is 0. The van der Waals surface area contributed by atoms with Gasteiger partial charge in [-0.2, -0.15) is 13.2 Å². The number of amides is 1. The van der Waals surface area contributed by atoms with E-state index in [1.165, 1.54) is 0 Å². The van der Waals surface area contributed by atoms with Crippen molar-refractivity contribution in [3.63, 3.8) is 0 Å². The van der Waals surface area contributed by atoms with E-state index in [1.807, 2.05) is 13.8 Å². The molecule has 0 fully saturated rings. The standard InChI is InChI=1S/C9H17F3N2OS/c1-7(2)5-14-8(15)6-13-3-4-16-9(10,11)12/h7,13H,3-6H2,1-2H3,(H,14,15). The molecule has 96 valence electrons. The van der Waals surface area contributed by atoms with E-state index in [2.05, 4.69) is 10.6 Å². The van der Waals surface area contributed by atoms with Gasteiger partial charge in [-0.15, -0.1) is 0 Å². The Hall–Kier alpha value is -0.430. The molecule has 3 nitrogen and oxygen atoms in total. The Labute approximate surface area is 97.5 Å². The van der Waals surface area contributed by atoms with E-state index in [1.54, 1.807) is 0 Å². The molecule has 0 aliphatic carbocycles. The van der Waals surface area contributed by atoms with Crippen molar-refractivity contribution in [1.82, 2.24) is 10.6 Å². The molecule has 2 N–H and O–H groups in total. The number of hydrogen-bond donors (Lipinski definition) is 2. The van der Waals surface area contributed by atoms with Crippen LogP contribution in [-0.2, 0) is 4.79 Å². The molecular weight excluding hydrogens is 241 g/mol. The largest absolute Gasteiger partial charge is 0.441 e. The second-order valence-electron chi connectivity index (χ2n) is 3.67. The Kier molecular flexibility index (Phi) is 7.57. The van der Waals surface area contributed by atoms with Gasteiger partial charge in [0.25, 0.3) is 0 Å². The molecule has 0 aromatic carbocycles. The zero-order valence-corrected chi connectivity index (χ0v) is 10.2. The Morgan fingerprint density at radius 1 is 1.38 bits per heavy atom. The van der Waals surface area contributed by atoms with Gasteiger partial charge in [0.05, 0.1) is 6.54 Å². The summed E-state index contributed by atoms with van der Waals surface area (Å²) in [6.07, 6.45) is 0. The highest BCUT2D eigenvalue weighted by atomic mass is 32.2. The summed E-state index contributed by atoms with van der Waals surface area (Å²) >= 11 is -0.0907. The van der Waals surface area contributed by atoms with Gasteiger partial charge in [-0.3, -0.25) is 4.79 Å². The topological polar surface area (TPSA) is 41.1 Å². The molecule has 0 rings (SSSR count). The SMILES string of the molecule is CC(C)CNC(=O)CNCCSC(F)(F)F. The summed E-state index contributed by atoms with van der Waals surface area (Å²) < 4.78 is 35.1. The van der Waals surface area contributed by atoms with Gasteiger partial charge in [0.15, 0.2) is 0 Å². The highest BCUT2D eigenvalue weighted by Crippen LogP contribution is 2.29. The van der Waals surface area contributed by atoms with Gasteiger partial charge in [0.1, 0.15) is 0 Å². The molecule has 16 heavy (non-hydrogen) atoms. The van der Waals surface area contributed by atoms with E-state index in [-0.39, 0.29) is 36.5 Å². The van der Waals surface area contributed by atoms with Crippen molar-refractivity contribution in [2.75, 3.05) is 25.4 Å². The van der Waals surface area contributed by atoms with Gasteiger partial charge in [0, 0.05) is 18.8 Å². The fourth-order valence-electron chi connectivity index (χ4n) is 0.821. The Morgan fingerprint density at radius 3 is 2.50 bits per heavy atom. The molecule has 0 aromatic rings. The van der Waals surface area contributed by atoms with Crippen LogP contribution in [0.2, 0.25) is 0 Å². The van der Waals surface area contributed by atoms with Crippen LogP contribution in [0, 0.1) is 5.92 Å². The van der Waals surface area contributed by atoms with E-state index in [0.29, 0.717) is 12.5 Å². The smallest absolute Gasteiger partial charge is 0.355 e. The first-order valence-corrected chi connectivity index (χ1v) is 5.98. The van der Waals surface area contributed by atoms with Gasteiger partial charge in [-0.05, 0) is 17.7 Å². The lowest BCUT2D eigenvalue weighted by Gasteiger charge is -2.09. The van der Waals surface area contributed by atoms with Crippen LogP contribution in [0.4, 0.5) is 13.2 Å². The van der Waals surface area contributed by atoms with Crippen LogP contribution in [0.3, 0.4) is 0 Å². The van der Waals surface area contributed by atoms with Crippen molar-refractivity contribution in [3.05, 3.63) is 0 Å². The van der Waals surface area contributed by atoms with Gasteiger partial charge in [-0.1, -0.05) is 13.8 Å². The van der Waals surface area contributed by atoms with Crippen molar-refractivity contribution < 1.29 is 18.0 Å². The van der Waals surface area contributed by atoms with Crippen LogP contribution >= 0.6 is 11.8 Å². The molecule has 1 amide bonds. The van der Waals surface area contributed by atoms with Gasteiger partial charge >= 0.3 is 5.51 Å². The minimum absolute atomic E-state index is 0.0607. The van der Waals surface area contributed by atoms with Crippen LogP contribution in [-0.4, -0.2) is 36.8 Å². The van der Waals surface area contributed by atoms with Crippen LogP contribution in [0.1, 0.15) is 13.8 Å². The van der Waals surface area contributed by atoms with E-state index in [0.717, 1.165) is 0 Å². The number of hydrogen-bond acceptors (Lipinski definition) is 3. The molecule has 0 aliphatic rings. The maximum Gasteiger partial charge on any atom is 0.441 e. The maximum absolute atomic E-state index is 11.7. The Morgan fingerprint density at radius 2 is 2.00 bits per heavy atom. The predicted octanol–water partition coefficient (Wildman–Crippen LogP) is 1.60. The third kappa shape index (κ3) is 11.6. The summed E-state index contributed by atoms with van der Waals surface area (Å²) in [5.74, 6) is 0.0940. The lowest BCUT2D eigenvalue weighted by Crippen LogP contribution is -2.36. The first kappa shape index (κ1) is 15.6. The molecule has 0 aromatic heterocycles. The third-order valence-corrected chi connectivity index (χ3v) is 2.27. The summed E-state index contributed by atoms with van der Waals surface area (Å²) in [4.78, 5) is 11.1. The quantitative estimate of drug-likeness (QED) is 0.682. The van der Waals surface area contributed by atoms with Crippen molar-refractivity contribution in [1.29, 1.82) is 0 Å². The highest BCUT2D eigenvalue weighted by molar-refractivity contribution is 8.00. The molecule has 0 saturated heterocycles. The van der Waals surface area contributed by atoms with Crippen molar-refractivity contribution in [3.8, 4) is 0 Å². The molecule has 0 bridgehead atoms. The van der Waals surface area contributed by atoms with Crippen LogP contribution in [0.25, 0.3) is 0 Å². The molecule has 7 heteroatoms. The van der Waals surface area contributed by atoms with Gasteiger partial charge in [-0.25, -0.2) is 0 Å². The minimum atomic E-state index is -4.19.